The molecule has 5 heterocycles. The van der Waals surface area contributed by atoms with Crippen LogP contribution in [-0.2, 0) is 11.3 Å². The third-order valence-corrected chi connectivity index (χ3v) is 7.15. The van der Waals surface area contributed by atoms with Crippen LogP contribution in [0.5, 0.6) is 0 Å². The van der Waals surface area contributed by atoms with Crippen LogP contribution in [0, 0.1) is 18.8 Å². The van der Waals surface area contributed by atoms with Gasteiger partial charge in [-0.25, -0.2) is 14.8 Å². The van der Waals surface area contributed by atoms with Crippen molar-refractivity contribution >= 4 is 23.2 Å². The van der Waals surface area contributed by atoms with E-state index in [1.54, 1.807) is 16.2 Å². The maximum Gasteiger partial charge on any atom is 0.329 e. The van der Waals surface area contributed by atoms with Crippen LogP contribution in [0.2, 0.25) is 0 Å². The maximum absolute atomic E-state index is 12.8. The highest BCUT2D eigenvalue weighted by Crippen LogP contribution is 2.30. The van der Waals surface area contributed by atoms with Crippen molar-refractivity contribution in [1.82, 2.24) is 25.0 Å². The van der Waals surface area contributed by atoms with Crippen molar-refractivity contribution in [3.05, 3.63) is 28.1 Å². The number of aromatic nitrogens is 1. The molecule has 0 saturated carbocycles. The zero-order valence-corrected chi connectivity index (χ0v) is 17.8. The number of amides is 2. The van der Waals surface area contributed by atoms with Crippen LogP contribution in [-0.4, -0.2) is 70.6 Å². The molecule has 0 radical (unpaired) electrons. The van der Waals surface area contributed by atoms with Gasteiger partial charge in [-0.3, -0.25) is 15.1 Å². The van der Waals surface area contributed by atoms with E-state index in [9.17, 15) is 4.79 Å². The molecule has 2 saturated heterocycles. The standard InChI is InChI=1S/C20H28N6O2S/c1-13-7-24(8-15-11-29-14(2)21-15)9-17(13)19-22-18-10-25(12-26(18)20(27)23-19)16-3-5-28-6-4-16/h10-11,13,16-17H,3-9,12H2,1-2H3,(H,22,23,27). The summed E-state index contributed by atoms with van der Waals surface area (Å²) in [6.07, 6.45) is 4.06. The van der Waals surface area contributed by atoms with Gasteiger partial charge in [-0.1, -0.05) is 6.92 Å². The van der Waals surface area contributed by atoms with E-state index in [0.717, 1.165) is 68.0 Å². The molecule has 1 N–H and O–H groups in total. The molecule has 2 unspecified atom stereocenters. The van der Waals surface area contributed by atoms with Crippen LogP contribution in [0.3, 0.4) is 0 Å². The summed E-state index contributed by atoms with van der Waals surface area (Å²) in [5.41, 5.74) is 1.13. The van der Waals surface area contributed by atoms with Gasteiger partial charge in [0.05, 0.1) is 10.7 Å². The molecule has 156 valence electrons. The predicted molar refractivity (Wildman–Crippen MR) is 111 cm³/mol. The number of carbonyl (C=O) groups is 1. The van der Waals surface area contributed by atoms with E-state index in [1.807, 2.05) is 6.92 Å². The fraction of sp³-hybridized carbons (Fsp3) is 0.650. The van der Waals surface area contributed by atoms with Crippen LogP contribution in [0.15, 0.2) is 22.4 Å². The van der Waals surface area contributed by atoms with Gasteiger partial charge in [-0.05, 0) is 25.7 Å². The SMILES string of the molecule is Cc1nc(CN2CC(C)C(C3=NC4=CN(C5CCOCC5)CN4C(=O)N3)C2)cs1. The van der Waals surface area contributed by atoms with Crippen molar-refractivity contribution in [2.24, 2.45) is 16.8 Å². The van der Waals surface area contributed by atoms with Gasteiger partial charge < -0.3 is 9.64 Å². The number of nitrogens with zero attached hydrogens (tertiary/aromatic N) is 5. The van der Waals surface area contributed by atoms with Crippen LogP contribution in [0.4, 0.5) is 4.79 Å². The molecule has 0 aromatic carbocycles. The summed E-state index contributed by atoms with van der Waals surface area (Å²) in [7, 11) is 0. The highest BCUT2D eigenvalue weighted by molar-refractivity contribution is 7.09. The fourth-order valence-corrected chi connectivity index (χ4v) is 5.36. The Morgan fingerprint density at radius 2 is 2.14 bits per heavy atom. The molecule has 8 nitrogen and oxygen atoms in total. The Labute approximate surface area is 175 Å². The molecule has 0 spiro atoms. The first-order valence-corrected chi connectivity index (χ1v) is 11.3. The Kier molecular flexibility index (Phi) is 5.05. The fourth-order valence-electron chi connectivity index (χ4n) is 4.76. The average molecular weight is 417 g/mol. The lowest BCUT2D eigenvalue weighted by molar-refractivity contribution is 0.0459. The molecule has 1 aromatic rings. The van der Waals surface area contributed by atoms with Gasteiger partial charge >= 0.3 is 6.03 Å². The number of aryl methyl sites for hydroxylation is 1. The van der Waals surface area contributed by atoms with E-state index >= 15 is 0 Å². The highest BCUT2D eigenvalue weighted by atomic mass is 32.1. The number of rotatable bonds is 4. The van der Waals surface area contributed by atoms with Crippen molar-refractivity contribution in [3.63, 3.8) is 0 Å². The second kappa shape index (κ2) is 7.70. The highest BCUT2D eigenvalue weighted by Gasteiger charge is 2.40. The molecular weight excluding hydrogens is 388 g/mol. The van der Waals surface area contributed by atoms with Crippen LogP contribution >= 0.6 is 11.3 Å². The number of urea groups is 1. The second-order valence-corrected chi connectivity index (χ2v) is 9.54. The number of amidine groups is 1. The van der Waals surface area contributed by atoms with E-state index in [1.165, 1.54) is 0 Å². The number of carbonyl (C=O) groups excluding carboxylic acids is 1. The minimum atomic E-state index is -0.0587. The van der Waals surface area contributed by atoms with Gasteiger partial charge in [0.15, 0.2) is 5.82 Å². The number of hydrogen-bond acceptors (Lipinski definition) is 7. The van der Waals surface area contributed by atoms with E-state index < -0.39 is 0 Å². The molecule has 2 fully saturated rings. The molecule has 2 atom stereocenters. The van der Waals surface area contributed by atoms with E-state index in [2.05, 4.69) is 38.6 Å². The average Bonchev–Trinajstić information content (AvgIpc) is 3.41. The molecule has 4 aliphatic heterocycles. The predicted octanol–water partition coefficient (Wildman–Crippen LogP) is 2.19. The molecule has 0 bridgehead atoms. The summed E-state index contributed by atoms with van der Waals surface area (Å²) < 4.78 is 5.47. The summed E-state index contributed by atoms with van der Waals surface area (Å²) in [5, 5.41) is 6.32. The molecular formula is C20H28N6O2S. The number of thiazole rings is 1. The quantitative estimate of drug-likeness (QED) is 0.815. The summed E-state index contributed by atoms with van der Waals surface area (Å²) in [4.78, 5) is 28.7. The van der Waals surface area contributed by atoms with Crippen LogP contribution < -0.4 is 5.32 Å². The zero-order valence-electron chi connectivity index (χ0n) is 17.0. The summed E-state index contributed by atoms with van der Waals surface area (Å²) in [5.74, 6) is 2.26. The van der Waals surface area contributed by atoms with Crippen molar-refractivity contribution in [3.8, 4) is 0 Å². The van der Waals surface area contributed by atoms with E-state index in [-0.39, 0.29) is 11.9 Å². The third-order valence-electron chi connectivity index (χ3n) is 6.33. The van der Waals surface area contributed by atoms with Gasteiger partial charge in [-0.2, -0.15) is 0 Å². The Hall–Kier alpha value is -1.97. The van der Waals surface area contributed by atoms with E-state index in [0.29, 0.717) is 18.6 Å². The second-order valence-electron chi connectivity index (χ2n) is 8.48. The van der Waals surface area contributed by atoms with E-state index in [4.69, 9.17) is 9.73 Å². The first-order valence-electron chi connectivity index (χ1n) is 10.4. The Bertz CT molecular complexity index is 846. The zero-order chi connectivity index (χ0) is 20.0. The summed E-state index contributed by atoms with van der Waals surface area (Å²) in [6.45, 7) is 9.20. The summed E-state index contributed by atoms with van der Waals surface area (Å²) in [6, 6.07) is 0.368. The first-order chi connectivity index (χ1) is 14.1. The number of hydrogen-bond donors (Lipinski definition) is 1. The minimum Gasteiger partial charge on any atom is -0.381 e. The first kappa shape index (κ1) is 19.0. The number of nitrogens with one attached hydrogen (secondary N) is 1. The minimum absolute atomic E-state index is 0.0587. The lowest BCUT2D eigenvalue weighted by atomic mass is 9.96. The summed E-state index contributed by atoms with van der Waals surface area (Å²) >= 11 is 1.70. The Balaban J connectivity index is 1.29. The third kappa shape index (κ3) is 3.78. The Morgan fingerprint density at radius 1 is 1.31 bits per heavy atom. The lowest BCUT2D eigenvalue weighted by Gasteiger charge is -2.32. The van der Waals surface area contributed by atoms with Gasteiger partial charge in [0.2, 0.25) is 0 Å². The molecule has 29 heavy (non-hydrogen) atoms. The van der Waals surface area contributed by atoms with Crippen LogP contribution in [0.25, 0.3) is 0 Å². The lowest BCUT2D eigenvalue weighted by Crippen LogP contribution is -2.50. The van der Waals surface area contributed by atoms with Gasteiger partial charge in [0.25, 0.3) is 0 Å². The smallest absolute Gasteiger partial charge is 0.329 e. The molecule has 2 amide bonds. The number of ether oxygens (including phenoxy) is 1. The molecule has 0 aliphatic carbocycles. The van der Waals surface area contributed by atoms with Gasteiger partial charge in [0.1, 0.15) is 12.5 Å². The molecule has 9 heteroatoms. The number of likely N-dealkylation sites (tertiary alicyclic amines) is 1. The number of aliphatic imine (C=N–C) groups is 1. The molecule has 5 rings (SSSR count). The van der Waals surface area contributed by atoms with Gasteiger partial charge in [-0.15, -0.1) is 11.3 Å². The largest absolute Gasteiger partial charge is 0.381 e. The van der Waals surface area contributed by atoms with Crippen molar-refractivity contribution in [2.75, 3.05) is 33.0 Å². The number of fused-ring (bicyclic) bond motifs is 1. The van der Waals surface area contributed by atoms with Gasteiger partial charge in [0, 0.05) is 56.4 Å². The topological polar surface area (TPSA) is 73.3 Å². The maximum atomic E-state index is 12.8. The molecule has 4 aliphatic rings. The van der Waals surface area contributed by atoms with Crippen molar-refractivity contribution in [1.29, 1.82) is 0 Å². The molecule has 1 aromatic heterocycles. The van der Waals surface area contributed by atoms with Crippen molar-refractivity contribution in [2.45, 2.75) is 39.3 Å². The van der Waals surface area contributed by atoms with Crippen LogP contribution in [0.1, 0.15) is 30.5 Å². The normalized spacial score (nSPS) is 28.4. The van der Waals surface area contributed by atoms with Crippen molar-refractivity contribution < 1.29 is 9.53 Å². The Morgan fingerprint density at radius 3 is 2.90 bits per heavy atom. The monoisotopic (exact) mass is 416 g/mol.